The Labute approximate surface area is 168 Å². The molecule has 1 aliphatic rings. The molecule has 3 aromatic rings. The van der Waals surface area contributed by atoms with E-state index in [-0.39, 0.29) is 22.6 Å². The van der Waals surface area contributed by atoms with Crippen molar-refractivity contribution in [1.29, 1.82) is 5.26 Å². The molecule has 0 unspecified atom stereocenters. The summed E-state index contributed by atoms with van der Waals surface area (Å²) in [6.07, 6.45) is -3.58. The van der Waals surface area contributed by atoms with Crippen LogP contribution in [-0.2, 0) is 15.1 Å². The van der Waals surface area contributed by atoms with E-state index in [2.05, 4.69) is 10.1 Å². The van der Waals surface area contributed by atoms with E-state index in [0.717, 1.165) is 16.9 Å². The highest BCUT2D eigenvalue weighted by molar-refractivity contribution is 5.89. The van der Waals surface area contributed by atoms with Gasteiger partial charge in [-0.05, 0) is 12.1 Å². The fourth-order valence-corrected chi connectivity index (χ4v) is 3.42. The molecule has 4 atom stereocenters. The summed E-state index contributed by atoms with van der Waals surface area (Å²) in [6.45, 7) is -0.446. The van der Waals surface area contributed by atoms with Crippen molar-refractivity contribution in [3.8, 4) is 6.07 Å². The van der Waals surface area contributed by atoms with Gasteiger partial charge < -0.3 is 25.4 Å². The zero-order valence-electron chi connectivity index (χ0n) is 15.3. The van der Waals surface area contributed by atoms with E-state index in [0.29, 0.717) is 0 Å². The highest BCUT2D eigenvalue weighted by atomic mass is 19.1. The first kappa shape index (κ1) is 19.7. The lowest BCUT2D eigenvalue weighted by Gasteiger charge is -2.24. The van der Waals surface area contributed by atoms with Crippen LogP contribution in [0.3, 0.4) is 0 Å². The van der Waals surface area contributed by atoms with Gasteiger partial charge in [0.15, 0.2) is 11.6 Å². The fraction of sp³-hybridized carbons (Fsp3) is 0.263. The number of fused-ring (bicyclic) bond motifs is 1. The molecule has 10 nitrogen and oxygen atoms in total. The van der Waals surface area contributed by atoms with Crippen LogP contribution in [0.2, 0.25) is 0 Å². The van der Waals surface area contributed by atoms with Crippen LogP contribution in [0.25, 0.3) is 5.52 Å². The van der Waals surface area contributed by atoms with Crippen LogP contribution in [0.5, 0.6) is 0 Å². The second kappa shape index (κ2) is 7.34. The summed E-state index contributed by atoms with van der Waals surface area (Å²) in [5, 5.41) is 34.7. The number of hydrogen-bond acceptors (Lipinski definition) is 9. The van der Waals surface area contributed by atoms with E-state index in [1.165, 1.54) is 0 Å². The molecule has 4 N–H and O–H groups in total. The van der Waals surface area contributed by atoms with Gasteiger partial charge >= 0.3 is 5.97 Å². The maximum absolute atomic E-state index is 14.4. The van der Waals surface area contributed by atoms with Crippen molar-refractivity contribution in [2.24, 2.45) is 0 Å². The zero-order valence-corrected chi connectivity index (χ0v) is 15.3. The molecule has 0 saturated carbocycles. The number of ether oxygens (including phenoxy) is 2. The van der Waals surface area contributed by atoms with Crippen molar-refractivity contribution in [2.75, 3.05) is 12.3 Å². The number of nitrogens with two attached hydrogens (primary N) is 1. The average Bonchev–Trinajstić information content (AvgIpc) is 3.23. The number of rotatable bonds is 4. The maximum atomic E-state index is 14.4. The Bertz CT molecular complexity index is 1150. The highest BCUT2D eigenvalue weighted by Gasteiger charge is 2.58. The summed E-state index contributed by atoms with van der Waals surface area (Å²) in [7, 11) is 0. The monoisotopic (exact) mass is 413 g/mol. The van der Waals surface area contributed by atoms with Gasteiger partial charge in [-0.2, -0.15) is 10.4 Å². The third-order valence-corrected chi connectivity index (χ3v) is 4.93. The average molecular weight is 413 g/mol. The molecule has 3 heterocycles. The van der Waals surface area contributed by atoms with Crippen molar-refractivity contribution in [3.05, 3.63) is 59.8 Å². The lowest BCUT2D eigenvalue weighted by Crippen LogP contribution is -2.41. The number of carbonyl (C=O) groups is 1. The first-order valence-electron chi connectivity index (χ1n) is 8.84. The molecule has 30 heavy (non-hydrogen) atoms. The Morgan fingerprint density at radius 2 is 2.13 bits per heavy atom. The number of carbonyl (C=O) groups excluding carboxylic acids is 1. The number of nitrogen functional groups attached to an aromatic ring is 1. The molecular formula is C19H16FN5O5. The van der Waals surface area contributed by atoms with Crippen LogP contribution < -0.4 is 5.73 Å². The summed E-state index contributed by atoms with van der Waals surface area (Å²) in [5.41, 5.74) is 3.38. The SMILES string of the molecule is N#C[C@@]1(c2cc(F)c3c(N)ncnn23)O[C@H](COC(=O)c2ccccc2)[C@@H](O)[C@H]1O. The molecule has 0 aliphatic carbocycles. The van der Waals surface area contributed by atoms with E-state index < -0.39 is 42.3 Å². The second-order valence-electron chi connectivity index (χ2n) is 6.69. The molecule has 154 valence electrons. The van der Waals surface area contributed by atoms with Gasteiger partial charge in [0.2, 0.25) is 5.60 Å². The Morgan fingerprint density at radius 3 is 2.83 bits per heavy atom. The molecule has 11 heteroatoms. The topological polar surface area (TPSA) is 156 Å². The van der Waals surface area contributed by atoms with Crippen LogP contribution in [0.4, 0.5) is 10.2 Å². The number of benzene rings is 1. The highest BCUT2D eigenvalue weighted by Crippen LogP contribution is 2.41. The molecule has 2 aromatic heterocycles. The summed E-state index contributed by atoms with van der Waals surface area (Å²) in [6, 6.07) is 10.8. The van der Waals surface area contributed by atoms with Crippen molar-refractivity contribution in [2.45, 2.75) is 23.9 Å². The number of aliphatic hydroxyl groups excluding tert-OH is 2. The summed E-state index contributed by atoms with van der Waals surface area (Å²) < 4.78 is 26.2. The summed E-state index contributed by atoms with van der Waals surface area (Å²) >= 11 is 0. The Morgan fingerprint density at radius 1 is 1.40 bits per heavy atom. The number of nitriles is 1. The van der Waals surface area contributed by atoms with Gasteiger partial charge in [-0.3, -0.25) is 0 Å². The Hall–Kier alpha value is -3.59. The quantitative estimate of drug-likeness (QED) is 0.507. The van der Waals surface area contributed by atoms with Gasteiger partial charge in [-0.1, -0.05) is 18.2 Å². The number of esters is 1. The first-order chi connectivity index (χ1) is 14.4. The zero-order chi connectivity index (χ0) is 21.5. The third-order valence-electron chi connectivity index (χ3n) is 4.93. The van der Waals surface area contributed by atoms with Gasteiger partial charge in [-0.15, -0.1) is 0 Å². The molecule has 0 spiro atoms. The van der Waals surface area contributed by atoms with E-state index in [9.17, 15) is 24.7 Å². The van der Waals surface area contributed by atoms with Crippen molar-refractivity contribution >= 4 is 17.3 Å². The van der Waals surface area contributed by atoms with Crippen LogP contribution in [0, 0.1) is 17.1 Å². The lowest BCUT2D eigenvalue weighted by atomic mass is 9.92. The molecule has 1 saturated heterocycles. The molecule has 0 amide bonds. The second-order valence-corrected chi connectivity index (χ2v) is 6.69. The molecule has 1 aliphatic heterocycles. The molecular weight excluding hydrogens is 397 g/mol. The summed E-state index contributed by atoms with van der Waals surface area (Å²) in [5.74, 6) is -1.68. The smallest absolute Gasteiger partial charge is 0.338 e. The minimum absolute atomic E-state index is 0.178. The van der Waals surface area contributed by atoms with E-state index in [1.54, 1.807) is 36.4 Å². The van der Waals surface area contributed by atoms with Gasteiger partial charge in [0.25, 0.3) is 0 Å². The van der Waals surface area contributed by atoms with Crippen LogP contribution in [-0.4, -0.2) is 55.7 Å². The fourth-order valence-electron chi connectivity index (χ4n) is 3.42. The first-order valence-corrected chi connectivity index (χ1v) is 8.84. The minimum Gasteiger partial charge on any atom is -0.459 e. The molecule has 4 rings (SSSR count). The number of halogens is 1. The predicted octanol–water partition coefficient (Wildman–Crippen LogP) is 0.147. The number of aliphatic hydroxyl groups is 2. The van der Waals surface area contributed by atoms with Crippen LogP contribution >= 0.6 is 0 Å². The predicted molar refractivity (Wildman–Crippen MR) is 98.3 cm³/mol. The van der Waals surface area contributed by atoms with Crippen LogP contribution in [0.15, 0.2) is 42.7 Å². The maximum Gasteiger partial charge on any atom is 0.338 e. The van der Waals surface area contributed by atoms with E-state index in [1.807, 2.05) is 0 Å². The number of nitrogens with zero attached hydrogens (tertiary/aromatic N) is 4. The van der Waals surface area contributed by atoms with Crippen LogP contribution in [0.1, 0.15) is 16.1 Å². The van der Waals surface area contributed by atoms with Gasteiger partial charge in [0, 0.05) is 6.07 Å². The normalized spacial score (nSPS) is 25.9. The molecule has 1 fully saturated rings. The lowest BCUT2D eigenvalue weighted by molar-refractivity contribution is -0.0682. The van der Waals surface area contributed by atoms with Crippen molar-refractivity contribution in [3.63, 3.8) is 0 Å². The number of hydrogen-bond donors (Lipinski definition) is 3. The minimum atomic E-state index is -2.18. The van der Waals surface area contributed by atoms with E-state index in [4.69, 9.17) is 15.2 Å². The third kappa shape index (κ3) is 2.94. The summed E-state index contributed by atoms with van der Waals surface area (Å²) in [4.78, 5) is 15.8. The van der Waals surface area contributed by atoms with E-state index >= 15 is 0 Å². The Balaban J connectivity index is 1.63. The molecule has 0 radical (unpaired) electrons. The number of anilines is 1. The molecule has 1 aromatic carbocycles. The van der Waals surface area contributed by atoms with Gasteiger partial charge in [0.05, 0.1) is 11.3 Å². The largest absolute Gasteiger partial charge is 0.459 e. The van der Waals surface area contributed by atoms with Crippen molar-refractivity contribution < 1.29 is 28.9 Å². The number of aromatic nitrogens is 3. The van der Waals surface area contributed by atoms with Gasteiger partial charge in [-0.25, -0.2) is 18.7 Å². The van der Waals surface area contributed by atoms with Crippen molar-refractivity contribution in [1.82, 2.24) is 14.6 Å². The standard InChI is InChI=1S/C19H16FN5O5/c20-11-6-13(25-14(11)17(22)23-9-24-25)19(8-21)16(27)15(26)12(30-19)7-29-18(28)10-4-2-1-3-5-10/h1-6,9,12,15-16,26-27H,7H2,(H2,22,23,24)/t12-,15-,16-,19+/m1/s1. The molecule has 0 bridgehead atoms. The van der Waals surface area contributed by atoms with Gasteiger partial charge in [0.1, 0.15) is 42.8 Å². The Kier molecular flexibility index (Phi) is 4.83.